The summed E-state index contributed by atoms with van der Waals surface area (Å²) in [6.07, 6.45) is 3.99. The zero-order chi connectivity index (χ0) is 8.32. The maximum Gasteiger partial charge on any atom is 0.182 e. The Labute approximate surface area is 71.9 Å². The molecule has 0 aromatic heterocycles. The second-order valence-electron chi connectivity index (χ2n) is 4.20. The summed E-state index contributed by atoms with van der Waals surface area (Å²) < 4.78 is 5.87. The fourth-order valence-corrected chi connectivity index (χ4v) is 4.55. The quantitative estimate of drug-likeness (QED) is 0.582. The highest BCUT2D eigenvalue weighted by Crippen LogP contribution is 2.37. The van der Waals surface area contributed by atoms with E-state index in [1.54, 1.807) is 0 Å². The Kier molecular flexibility index (Phi) is 3.13. The van der Waals surface area contributed by atoms with Gasteiger partial charge in [0.05, 0.1) is 0 Å². The Bertz CT molecular complexity index is 117. The smallest absolute Gasteiger partial charge is 0.182 e. The minimum atomic E-state index is -0.835. The molecule has 0 radical (unpaired) electrons. The van der Waals surface area contributed by atoms with Crippen molar-refractivity contribution in [3.63, 3.8) is 0 Å². The summed E-state index contributed by atoms with van der Waals surface area (Å²) in [5.74, 6) is 0. The predicted molar refractivity (Wildman–Crippen MR) is 51.5 cm³/mol. The monoisotopic (exact) mass is 172 g/mol. The van der Waals surface area contributed by atoms with E-state index < -0.39 is 9.04 Å². The zero-order valence-electron chi connectivity index (χ0n) is 8.02. The van der Waals surface area contributed by atoms with E-state index >= 15 is 0 Å². The summed E-state index contributed by atoms with van der Waals surface area (Å²) in [7, 11) is -0.835. The summed E-state index contributed by atoms with van der Waals surface area (Å²) in [4.78, 5) is 0. The highest BCUT2D eigenvalue weighted by Gasteiger charge is 2.31. The molecule has 1 heterocycles. The minimum absolute atomic E-state index is 0.528. The molecule has 11 heavy (non-hydrogen) atoms. The molecule has 0 aromatic rings. The van der Waals surface area contributed by atoms with E-state index in [0.29, 0.717) is 5.04 Å². The topological polar surface area (TPSA) is 9.23 Å². The van der Waals surface area contributed by atoms with Crippen LogP contribution in [0.15, 0.2) is 0 Å². The standard InChI is InChI=1S/C9H20OSi/c1-4-9(2,3)11-8-6-5-7-10-11/h11H,4-8H2,1-3H3. The molecule has 2 heteroatoms. The van der Waals surface area contributed by atoms with E-state index in [4.69, 9.17) is 4.43 Å². The molecule has 1 rings (SSSR count). The van der Waals surface area contributed by atoms with Crippen LogP contribution < -0.4 is 0 Å². The van der Waals surface area contributed by atoms with Crippen molar-refractivity contribution in [2.24, 2.45) is 0 Å². The van der Waals surface area contributed by atoms with Crippen molar-refractivity contribution < 1.29 is 4.43 Å². The second-order valence-corrected chi connectivity index (χ2v) is 7.65. The molecule has 1 unspecified atom stereocenters. The van der Waals surface area contributed by atoms with Crippen LogP contribution >= 0.6 is 0 Å². The van der Waals surface area contributed by atoms with Crippen LogP contribution in [0.3, 0.4) is 0 Å². The molecule has 1 fully saturated rings. The van der Waals surface area contributed by atoms with Crippen molar-refractivity contribution in [3.05, 3.63) is 0 Å². The summed E-state index contributed by atoms with van der Waals surface area (Å²) in [5, 5.41) is 0.528. The highest BCUT2D eigenvalue weighted by molar-refractivity contribution is 6.55. The Morgan fingerprint density at radius 1 is 1.36 bits per heavy atom. The molecule has 1 aliphatic rings. The van der Waals surface area contributed by atoms with Gasteiger partial charge in [0.1, 0.15) is 0 Å². The van der Waals surface area contributed by atoms with Crippen LogP contribution in [0.2, 0.25) is 11.1 Å². The molecule has 0 aliphatic carbocycles. The first-order valence-electron chi connectivity index (χ1n) is 4.78. The van der Waals surface area contributed by atoms with Gasteiger partial charge in [-0.3, -0.25) is 0 Å². The normalized spacial score (nSPS) is 27.0. The van der Waals surface area contributed by atoms with Gasteiger partial charge in [0, 0.05) is 6.61 Å². The van der Waals surface area contributed by atoms with E-state index in [9.17, 15) is 0 Å². The number of rotatable bonds is 2. The van der Waals surface area contributed by atoms with Crippen LogP contribution in [0.5, 0.6) is 0 Å². The lowest BCUT2D eigenvalue weighted by atomic mass is 10.1. The van der Waals surface area contributed by atoms with Crippen LogP contribution in [0.4, 0.5) is 0 Å². The molecule has 0 spiro atoms. The molecule has 0 N–H and O–H groups in total. The van der Waals surface area contributed by atoms with Crippen LogP contribution in [0.25, 0.3) is 0 Å². The van der Waals surface area contributed by atoms with Crippen molar-refractivity contribution in [3.8, 4) is 0 Å². The van der Waals surface area contributed by atoms with Gasteiger partial charge in [-0.15, -0.1) is 0 Å². The first-order chi connectivity index (χ1) is 5.17. The van der Waals surface area contributed by atoms with Crippen molar-refractivity contribution >= 4 is 9.04 Å². The number of hydrogen-bond donors (Lipinski definition) is 0. The maximum absolute atomic E-state index is 5.87. The number of hydrogen-bond acceptors (Lipinski definition) is 1. The Morgan fingerprint density at radius 2 is 2.09 bits per heavy atom. The Hall–Kier alpha value is 0.177. The van der Waals surface area contributed by atoms with Crippen LogP contribution in [-0.2, 0) is 4.43 Å². The maximum atomic E-state index is 5.87. The lowest BCUT2D eigenvalue weighted by Gasteiger charge is -2.34. The van der Waals surface area contributed by atoms with E-state index in [2.05, 4.69) is 20.8 Å². The van der Waals surface area contributed by atoms with E-state index in [1.807, 2.05) is 0 Å². The molecule has 0 aromatic carbocycles. The van der Waals surface area contributed by atoms with Gasteiger partial charge in [-0.2, -0.15) is 0 Å². The van der Waals surface area contributed by atoms with Crippen molar-refractivity contribution in [2.45, 2.75) is 51.1 Å². The van der Waals surface area contributed by atoms with Crippen LogP contribution in [0.1, 0.15) is 40.0 Å². The Morgan fingerprint density at radius 3 is 2.55 bits per heavy atom. The van der Waals surface area contributed by atoms with Crippen molar-refractivity contribution in [1.29, 1.82) is 0 Å². The SMILES string of the molecule is CCC(C)(C)[SiH]1CCCCO1. The summed E-state index contributed by atoms with van der Waals surface area (Å²) >= 11 is 0. The van der Waals surface area contributed by atoms with Gasteiger partial charge >= 0.3 is 0 Å². The van der Waals surface area contributed by atoms with E-state index in [-0.39, 0.29) is 0 Å². The van der Waals surface area contributed by atoms with Gasteiger partial charge in [0.15, 0.2) is 9.04 Å². The van der Waals surface area contributed by atoms with Gasteiger partial charge in [-0.05, 0) is 17.5 Å². The molecular formula is C9H20OSi. The fourth-order valence-electron chi connectivity index (χ4n) is 1.58. The summed E-state index contributed by atoms with van der Waals surface area (Å²) in [5.41, 5.74) is 0. The van der Waals surface area contributed by atoms with E-state index in [1.165, 1.54) is 25.3 Å². The third-order valence-corrected chi connectivity index (χ3v) is 6.68. The van der Waals surface area contributed by atoms with Crippen LogP contribution in [-0.4, -0.2) is 15.6 Å². The van der Waals surface area contributed by atoms with Gasteiger partial charge < -0.3 is 4.43 Å². The second kappa shape index (κ2) is 3.72. The van der Waals surface area contributed by atoms with Crippen molar-refractivity contribution in [2.75, 3.05) is 6.61 Å². The molecular weight excluding hydrogens is 152 g/mol. The molecule has 0 saturated carbocycles. The third kappa shape index (κ3) is 2.31. The first-order valence-corrected chi connectivity index (χ1v) is 6.65. The average molecular weight is 172 g/mol. The average Bonchev–Trinajstić information content (AvgIpc) is 2.06. The largest absolute Gasteiger partial charge is 0.420 e. The van der Waals surface area contributed by atoms with E-state index in [0.717, 1.165) is 6.61 Å². The van der Waals surface area contributed by atoms with Crippen molar-refractivity contribution in [1.82, 2.24) is 0 Å². The molecule has 1 saturated heterocycles. The zero-order valence-corrected chi connectivity index (χ0v) is 9.18. The molecule has 1 nitrogen and oxygen atoms in total. The van der Waals surface area contributed by atoms with Gasteiger partial charge in [-0.1, -0.05) is 33.6 Å². The molecule has 0 amide bonds. The van der Waals surface area contributed by atoms with Gasteiger partial charge in [0.25, 0.3) is 0 Å². The highest BCUT2D eigenvalue weighted by atomic mass is 28.3. The minimum Gasteiger partial charge on any atom is -0.420 e. The summed E-state index contributed by atoms with van der Waals surface area (Å²) in [6, 6.07) is 1.40. The summed E-state index contributed by atoms with van der Waals surface area (Å²) in [6.45, 7) is 8.07. The van der Waals surface area contributed by atoms with Crippen LogP contribution in [0, 0.1) is 0 Å². The predicted octanol–water partition coefficient (Wildman–Crippen LogP) is 2.71. The molecule has 0 bridgehead atoms. The van der Waals surface area contributed by atoms with Gasteiger partial charge in [0.2, 0.25) is 0 Å². The first kappa shape index (κ1) is 9.27. The lowest BCUT2D eigenvalue weighted by Crippen LogP contribution is -2.33. The Balaban J connectivity index is 2.43. The fraction of sp³-hybridized carbons (Fsp3) is 1.00. The van der Waals surface area contributed by atoms with Gasteiger partial charge in [-0.25, -0.2) is 0 Å². The molecule has 1 atom stereocenters. The third-order valence-electron chi connectivity index (χ3n) is 2.96. The molecule has 66 valence electrons. The molecule has 1 aliphatic heterocycles. The lowest BCUT2D eigenvalue weighted by molar-refractivity contribution is 0.266.